The Morgan fingerprint density at radius 3 is 2.15 bits per heavy atom. The Kier molecular flexibility index (Phi) is 7.09. The number of hydrogen-bond acceptors (Lipinski definition) is 2. The van der Waals surface area contributed by atoms with Crippen LogP contribution in [0, 0.1) is 12.8 Å². The van der Waals surface area contributed by atoms with Gasteiger partial charge in [-0.25, -0.2) is 0 Å². The van der Waals surface area contributed by atoms with Crippen LogP contribution < -0.4 is 0 Å². The van der Waals surface area contributed by atoms with Crippen molar-refractivity contribution >= 4 is 0 Å². The van der Waals surface area contributed by atoms with Crippen LogP contribution in [0.25, 0.3) is 0 Å². The van der Waals surface area contributed by atoms with E-state index in [0.717, 1.165) is 5.92 Å². The lowest BCUT2D eigenvalue weighted by Crippen LogP contribution is -2.44. The van der Waals surface area contributed by atoms with Gasteiger partial charge >= 0.3 is 0 Å². The van der Waals surface area contributed by atoms with E-state index in [9.17, 15) is 0 Å². The largest absolute Gasteiger partial charge is 0.369 e. The lowest BCUT2D eigenvalue weighted by molar-refractivity contribution is -0.0492. The molecule has 2 aromatic carbocycles. The molecule has 1 heterocycles. The maximum Gasteiger partial charge on any atom is 0.0980 e. The number of hydrogen-bond donors (Lipinski definition) is 0. The van der Waals surface area contributed by atoms with E-state index in [-0.39, 0.29) is 12.2 Å². The summed E-state index contributed by atoms with van der Waals surface area (Å²) in [5.41, 5.74) is 4.08. The molecule has 2 unspecified atom stereocenters. The zero-order valence-electron chi connectivity index (χ0n) is 17.4. The van der Waals surface area contributed by atoms with Gasteiger partial charge in [0.15, 0.2) is 0 Å². The molecular weight excluding hydrogens is 330 g/mol. The van der Waals surface area contributed by atoms with Gasteiger partial charge in [0.2, 0.25) is 0 Å². The second-order valence-electron chi connectivity index (χ2n) is 8.43. The molecule has 0 bridgehead atoms. The second-order valence-corrected chi connectivity index (χ2v) is 8.43. The van der Waals surface area contributed by atoms with E-state index in [2.05, 4.69) is 87.2 Å². The Balaban J connectivity index is 1.61. The van der Waals surface area contributed by atoms with Crippen molar-refractivity contribution in [1.82, 2.24) is 4.90 Å². The van der Waals surface area contributed by atoms with Crippen molar-refractivity contribution in [2.75, 3.05) is 13.1 Å². The van der Waals surface area contributed by atoms with E-state index in [1.807, 2.05) is 0 Å². The van der Waals surface area contributed by atoms with Gasteiger partial charge in [-0.1, -0.05) is 60.2 Å². The lowest BCUT2D eigenvalue weighted by atomic mass is 9.89. The molecule has 2 nitrogen and oxygen atoms in total. The van der Waals surface area contributed by atoms with Crippen LogP contribution in [0.5, 0.6) is 0 Å². The smallest absolute Gasteiger partial charge is 0.0980 e. The van der Waals surface area contributed by atoms with Crippen LogP contribution in [0.15, 0.2) is 54.6 Å². The monoisotopic (exact) mass is 365 g/mol. The standard InChI is InChI=1S/C25H35NO/c1-19(2)27-25(24-12-10-20(3)11-13-24)21(4)26-16-14-23(15-17-26)18-22-8-6-5-7-9-22/h5-13,19,21,23,25H,14-18H2,1-4H3. The van der Waals surface area contributed by atoms with Gasteiger partial charge in [-0.15, -0.1) is 0 Å². The van der Waals surface area contributed by atoms with Crippen LogP contribution in [-0.4, -0.2) is 30.1 Å². The van der Waals surface area contributed by atoms with Crippen LogP contribution in [0.1, 0.15) is 56.4 Å². The normalized spacial score (nSPS) is 18.6. The highest BCUT2D eigenvalue weighted by atomic mass is 16.5. The van der Waals surface area contributed by atoms with Gasteiger partial charge in [-0.3, -0.25) is 4.90 Å². The minimum atomic E-state index is 0.135. The fraction of sp³-hybridized carbons (Fsp3) is 0.520. The number of aryl methyl sites for hydroxylation is 1. The Labute approximate surface area is 165 Å². The highest BCUT2D eigenvalue weighted by Crippen LogP contribution is 2.30. The van der Waals surface area contributed by atoms with Gasteiger partial charge in [-0.05, 0) is 77.1 Å². The van der Waals surface area contributed by atoms with Crippen molar-refractivity contribution in [1.29, 1.82) is 0 Å². The fourth-order valence-corrected chi connectivity index (χ4v) is 4.22. The van der Waals surface area contributed by atoms with E-state index in [0.29, 0.717) is 6.04 Å². The Bertz CT molecular complexity index is 671. The summed E-state index contributed by atoms with van der Waals surface area (Å²) in [7, 11) is 0. The molecule has 1 saturated heterocycles. The predicted octanol–water partition coefficient (Wildman–Crippen LogP) is 5.80. The first kappa shape index (κ1) is 20.1. The van der Waals surface area contributed by atoms with Crippen molar-refractivity contribution < 1.29 is 4.74 Å². The van der Waals surface area contributed by atoms with Crippen LogP contribution >= 0.6 is 0 Å². The SMILES string of the molecule is Cc1ccc(C(OC(C)C)C(C)N2CCC(Cc3ccccc3)CC2)cc1. The third kappa shape index (κ3) is 5.67. The Morgan fingerprint density at radius 2 is 1.56 bits per heavy atom. The Hall–Kier alpha value is -1.64. The van der Waals surface area contributed by atoms with Gasteiger partial charge < -0.3 is 4.74 Å². The molecule has 0 radical (unpaired) electrons. The average Bonchev–Trinajstić information content (AvgIpc) is 2.68. The molecule has 0 saturated carbocycles. The van der Waals surface area contributed by atoms with Gasteiger partial charge in [0, 0.05) is 6.04 Å². The van der Waals surface area contributed by atoms with Crippen LogP contribution in [0.2, 0.25) is 0 Å². The van der Waals surface area contributed by atoms with Crippen molar-refractivity contribution in [2.45, 2.75) is 65.2 Å². The molecule has 0 spiro atoms. The number of ether oxygens (including phenoxy) is 1. The van der Waals surface area contributed by atoms with E-state index in [1.54, 1.807) is 0 Å². The lowest BCUT2D eigenvalue weighted by Gasteiger charge is -2.40. The number of nitrogens with zero attached hydrogens (tertiary/aromatic N) is 1. The summed E-state index contributed by atoms with van der Waals surface area (Å²) in [5.74, 6) is 0.805. The van der Waals surface area contributed by atoms with E-state index in [1.165, 1.54) is 49.0 Å². The zero-order valence-corrected chi connectivity index (χ0v) is 17.4. The molecule has 0 aliphatic carbocycles. The molecule has 146 valence electrons. The minimum absolute atomic E-state index is 0.135. The summed E-state index contributed by atoms with van der Waals surface area (Å²) in [6.07, 6.45) is 4.14. The van der Waals surface area contributed by atoms with Gasteiger partial charge in [0.05, 0.1) is 12.2 Å². The van der Waals surface area contributed by atoms with Crippen LogP contribution in [-0.2, 0) is 11.2 Å². The number of benzene rings is 2. The van der Waals surface area contributed by atoms with E-state index >= 15 is 0 Å². The molecule has 2 heteroatoms. The summed E-state index contributed by atoms with van der Waals surface area (Å²) in [6, 6.07) is 20.2. The average molecular weight is 366 g/mol. The predicted molar refractivity (Wildman–Crippen MR) is 114 cm³/mol. The van der Waals surface area contributed by atoms with Crippen molar-refractivity contribution in [3.63, 3.8) is 0 Å². The number of piperidine rings is 1. The van der Waals surface area contributed by atoms with Crippen molar-refractivity contribution in [2.24, 2.45) is 5.92 Å². The first-order chi connectivity index (χ1) is 13.0. The van der Waals surface area contributed by atoms with E-state index < -0.39 is 0 Å². The van der Waals surface area contributed by atoms with Crippen LogP contribution in [0.3, 0.4) is 0 Å². The molecule has 0 aromatic heterocycles. The fourth-order valence-electron chi connectivity index (χ4n) is 4.22. The molecule has 2 atom stereocenters. The summed E-state index contributed by atoms with van der Waals surface area (Å²) in [5, 5.41) is 0. The summed E-state index contributed by atoms with van der Waals surface area (Å²) in [4.78, 5) is 2.63. The summed E-state index contributed by atoms with van der Waals surface area (Å²) < 4.78 is 6.37. The van der Waals surface area contributed by atoms with Gasteiger partial charge in [-0.2, -0.15) is 0 Å². The zero-order chi connectivity index (χ0) is 19.2. The first-order valence-corrected chi connectivity index (χ1v) is 10.5. The molecule has 2 aromatic rings. The minimum Gasteiger partial charge on any atom is -0.369 e. The summed E-state index contributed by atoms with van der Waals surface area (Å²) >= 11 is 0. The Morgan fingerprint density at radius 1 is 0.926 bits per heavy atom. The topological polar surface area (TPSA) is 12.5 Å². The quantitative estimate of drug-likeness (QED) is 0.614. The maximum atomic E-state index is 6.37. The van der Waals surface area contributed by atoms with Crippen molar-refractivity contribution in [3.8, 4) is 0 Å². The second kappa shape index (κ2) is 9.52. The summed E-state index contributed by atoms with van der Waals surface area (Å²) in [6.45, 7) is 11.1. The van der Waals surface area contributed by atoms with Crippen LogP contribution in [0.4, 0.5) is 0 Å². The molecule has 3 rings (SSSR count). The molecule has 0 amide bonds. The van der Waals surface area contributed by atoms with E-state index in [4.69, 9.17) is 4.74 Å². The number of likely N-dealkylation sites (tertiary alicyclic amines) is 1. The molecular formula is C25H35NO. The van der Waals surface area contributed by atoms with Crippen molar-refractivity contribution in [3.05, 3.63) is 71.3 Å². The first-order valence-electron chi connectivity index (χ1n) is 10.5. The molecule has 0 N–H and O–H groups in total. The third-order valence-corrected chi connectivity index (χ3v) is 5.86. The molecule has 1 fully saturated rings. The van der Waals surface area contributed by atoms with Gasteiger partial charge in [0.1, 0.15) is 0 Å². The maximum absolute atomic E-state index is 6.37. The molecule has 1 aliphatic rings. The molecule has 27 heavy (non-hydrogen) atoms. The molecule has 1 aliphatic heterocycles. The highest BCUT2D eigenvalue weighted by Gasteiger charge is 2.29. The number of rotatable bonds is 7. The van der Waals surface area contributed by atoms with Gasteiger partial charge in [0.25, 0.3) is 0 Å². The third-order valence-electron chi connectivity index (χ3n) is 5.86. The highest BCUT2D eigenvalue weighted by molar-refractivity contribution is 5.24.